The molecular formula is C46H46N6O2. The minimum absolute atomic E-state index is 0.0967. The van der Waals surface area contributed by atoms with Gasteiger partial charge in [-0.1, -0.05) is 135 Å². The van der Waals surface area contributed by atoms with Crippen molar-refractivity contribution in [3.05, 3.63) is 156 Å². The number of rotatable bonds is 15. The zero-order valence-electron chi connectivity index (χ0n) is 31.0. The lowest BCUT2D eigenvalue weighted by atomic mass is 9.93. The Labute approximate surface area is 316 Å². The Morgan fingerprint density at radius 3 is 1.50 bits per heavy atom. The molecule has 7 aromatic rings. The van der Waals surface area contributed by atoms with Crippen molar-refractivity contribution in [1.29, 1.82) is 0 Å². The molecule has 272 valence electrons. The maximum atomic E-state index is 13.2. The number of carbonyl (C=O) groups excluding carboxylic acids is 2. The molecule has 0 spiro atoms. The molecule has 0 radical (unpaired) electrons. The van der Waals surface area contributed by atoms with E-state index in [1.54, 1.807) is 0 Å². The summed E-state index contributed by atoms with van der Waals surface area (Å²) in [5.74, 6) is 1.73. The summed E-state index contributed by atoms with van der Waals surface area (Å²) in [4.78, 5) is 46.5. The fourth-order valence-electron chi connectivity index (χ4n) is 7.03. The van der Waals surface area contributed by atoms with Crippen LogP contribution in [0.1, 0.15) is 49.5 Å². The number of aromatic amines is 2. The van der Waals surface area contributed by atoms with Gasteiger partial charge in [-0.15, -0.1) is 0 Å². The standard InChI is InChI=1S/C46H46N6O2/c1-3-25-51(45(53)27-33-13-7-5-8-14-33)31-43-47-29-41(49-43)36-21-19-35(20-22-36)37-23-24-40(39-18-12-11-17-38(37)39)42-30-48-44(50-42)32-52(26-4-2)46(54)28-34-15-9-6-10-16-34/h5-24,29-30H,3-4,25-28,31-32H2,1-2H3,(H,47,49)(H,48,50). The molecule has 2 N–H and O–H groups in total. The van der Waals surface area contributed by atoms with E-state index in [4.69, 9.17) is 4.98 Å². The van der Waals surface area contributed by atoms with Gasteiger partial charge in [-0.25, -0.2) is 9.97 Å². The first-order valence-electron chi connectivity index (χ1n) is 18.8. The molecule has 8 heteroatoms. The van der Waals surface area contributed by atoms with Crippen LogP contribution in [0.3, 0.4) is 0 Å². The van der Waals surface area contributed by atoms with Crippen LogP contribution in [0.5, 0.6) is 0 Å². The van der Waals surface area contributed by atoms with Crippen LogP contribution in [0, 0.1) is 0 Å². The summed E-state index contributed by atoms with van der Waals surface area (Å²) >= 11 is 0. The Morgan fingerprint density at radius 2 is 0.963 bits per heavy atom. The summed E-state index contributed by atoms with van der Waals surface area (Å²) in [5, 5.41) is 2.26. The van der Waals surface area contributed by atoms with Gasteiger partial charge >= 0.3 is 0 Å². The number of carbonyl (C=O) groups is 2. The van der Waals surface area contributed by atoms with E-state index in [-0.39, 0.29) is 11.8 Å². The summed E-state index contributed by atoms with van der Waals surface area (Å²) in [5.41, 5.74) is 8.20. The minimum Gasteiger partial charge on any atom is -0.341 e. The molecule has 2 aromatic heterocycles. The van der Waals surface area contributed by atoms with E-state index in [0.717, 1.165) is 80.0 Å². The molecule has 0 aliphatic carbocycles. The lowest BCUT2D eigenvalue weighted by Crippen LogP contribution is -2.33. The molecule has 54 heavy (non-hydrogen) atoms. The van der Waals surface area contributed by atoms with Crippen LogP contribution in [0.4, 0.5) is 0 Å². The smallest absolute Gasteiger partial charge is 0.227 e. The molecular weight excluding hydrogens is 669 g/mol. The highest BCUT2D eigenvalue weighted by Gasteiger charge is 2.18. The van der Waals surface area contributed by atoms with Crippen molar-refractivity contribution in [3.8, 4) is 33.6 Å². The minimum atomic E-state index is 0.0967. The fourth-order valence-corrected chi connectivity index (χ4v) is 7.03. The van der Waals surface area contributed by atoms with Gasteiger partial charge in [-0.3, -0.25) is 9.59 Å². The fraction of sp³-hybridized carbons (Fsp3) is 0.217. The third-order valence-electron chi connectivity index (χ3n) is 9.75. The van der Waals surface area contributed by atoms with Gasteiger partial charge in [-0.05, 0) is 51.4 Å². The van der Waals surface area contributed by atoms with Gasteiger partial charge in [0.2, 0.25) is 11.8 Å². The van der Waals surface area contributed by atoms with Gasteiger partial charge in [0.1, 0.15) is 11.6 Å². The summed E-state index contributed by atoms with van der Waals surface area (Å²) in [6.45, 7) is 6.40. The third-order valence-corrected chi connectivity index (χ3v) is 9.75. The van der Waals surface area contributed by atoms with Crippen LogP contribution in [-0.2, 0) is 35.5 Å². The average molecular weight is 715 g/mol. The molecule has 0 unspecified atom stereocenters. The van der Waals surface area contributed by atoms with E-state index in [2.05, 4.69) is 89.5 Å². The predicted molar refractivity (Wildman–Crippen MR) is 216 cm³/mol. The topological polar surface area (TPSA) is 98.0 Å². The van der Waals surface area contributed by atoms with Gasteiger partial charge in [0.05, 0.1) is 49.7 Å². The summed E-state index contributed by atoms with van der Waals surface area (Å²) < 4.78 is 0. The van der Waals surface area contributed by atoms with Crippen molar-refractivity contribution in [2.75, 3.05) is 13.1 Å². The maximum absolute atomic E-state index is 13.2. The maximum Gasteiger partial charge on any atom is 0.227 e. The predicted octanol–water partition coefficient (Wildman–Crippen LogP) is 9.25. The molecule has 0 aliphatic heterocycles. The Balaban J connectivity index is 1.06. The van der Waals surface area contributed by atoms with Gasteiger partial charge in [0.15, 0.2) is 0 Å². The second-order valence-electron chi connectivity index (χ2n) is 13.7. The first-order valence-corrected chi connectivity index (χ1v) is 18.8. The first kappa shape index (κ1) is 36.1. The largest absolute Gasteiger partial charge is 0.341 e. The normalized spacial score (nSPS) is 11.1. The SMILES string of the molecule is CCCN(Cc1ncc(-c2ccc(-c3ccc(-c4cnc(CN(CCC)C(=O)Cc5ccccc5)[nH]4)c4ccccc34)cc2)[nH]1)C(=O)Cc1ccccc1. The summed E-state index contributed by atoms with van der Waals surface area (Å²) in [6, 6.07) is 41.0. The third kappa shape index (κ3) is 8.50. The van der Waals surface area contributed by atoms with Crippen LogP contribution < -0.4 is 0 Å². The molecule has 0 saturated heterocycles. The Kier molecular flexibility index (Phi) is 11.4. The van der Waals surface area contributed by atoms with Crippen molar-refractivity contribution in [2.24, 2.45) is 0 Å². The molecule has 0 aliphatic rings. The van der Waals surface area contributed by atoms with E-state index in [9.17, 15) is 9.59 Å². The number of benzene rings is 5. The lowest BCUT2D eigenvalue weighted by Gasteiger charge is -2.21. The lowest BCUT2D eigenvalue weighted by molar-refractivity contribution is -0.132. The van der Waals surface area contributed by atoms with Crippen LogP contribution in [-0.4, -0.2) is 54.6 Å². The van der Waals surface area contributed by atoms with Gasteiger partial charge in [0.25, 0.3) is 0 Å². The van der Waals surface area contributed by atoms with Crippen molar-refractivity contribution >= 4 is 22.6 Å². The number of aromatic nitrogens is 4. The molecule has 0 saturated carbocycles. The second kappa shape index (κ2) is 17.0. The Hall–Kier alpha value is -6.28. The van der Waals surface area contributed by atoms with Crippen molar-refractivity contribution < 1.29 is 9.59 Å². The van der Waals surface area contributed by atoms with Crippen molar-refractivity contribution in [1.82, 2.24) is 29.7 Å². The van der Waals surface area contributed by atoms with Crippen LogP contribution in [0.25, 0.3) is 44.4 Å². The highest BCUT2D eigenvalue weighted by atomic mass is 16.2. The monoisotopic (exact) mass is 714 g/mol. The van der Waals surface area contributed by atoms with Crippen LogP contribution in [0.15, 0.2) is 134 Å². The number of amides is 2. The van der Waals surface area contributed by atoms with E-state index < -0.39 is 0 Å². The number of imidazole rings is 2. The number of fused-ring (bicyclic) bond motifs is 1. The molecule has 8 nitrogen and oxygen atoms in total. The molecule has 0 fully saturated rings. The second-order valence-corrected chi connectivity index (χ2v) is 13.7. The Bertz CT molecular complexity index is 2310. The zero-order valence-corrected chi connectivity index (χ0v) is 31.0. The first-order chi connectivity index (χ1) is 26.5. The van der Waals surface area contributed by atoms with Crippen molar-refractivity contribution in [2.45, 2.75) is 52.6 Å². The number of H-pyrrole nitrogens is 2. The van der Waals surface area contributed by atoms with E-state index in [1.807, 2.05) is 82.9 Å². The summed E-state index contributed by atoms with van der Waals surface area (Å²) in [7, 11) is 0. The van der Waals surface area contributed by atoms with Gasteiger partial charge < -0.3 is 19.8 Å². The highest BCUT2D eigenvalue weighted by molar-refractivity contribution is 6.04. The highest BCUT2D eigenvalue weighted by Crippen LogP contribution is 2.36. The zero-order chi connectivity index (χ0) is 37.3. The van der Waals surface area contributed by atoms with Gasteiger partial charge in [-0.2, -0.15) is 0 Å². The van der Waals surface area contributed by atoms with Gasteiger partial charge in [0, 0.05) is 18.7 Å². The number of nitrogens with zero attached hydrogens (tertiary/aromatic N) is 4. The van der Waals surface area contributed by atoms with Crippen LogP contribution >= 0.6 is 0 Å². The number of hydrogen-bond acceptors (Lipinski definition) is 4. The van der Waals surface area contributed by atoms with E-state index in [0.29, 0.717) is 39.0 Å². The average Bonchev–Trinajstić information content (AvgIpc) is 3.88. The van der Waals surface area contributed by atoms with E-state index in [1.165, 1.54) is 0 Å². The molecule has 0 bridgehead atoms. The van der Waals surface area contributed by atoms with Crippen molar-refractivity contribution in [3.63, 3.8) is 0 Å². The molecule has 0 atom stereocenters. The molecule has 2 heterocycles. The molecule has 2 amide bonds. The number of nitrogens with one attached hydrogen (secondary N) is 2. The molecule has 5 aromatic carbocycles. The quantitative estimate of drug-likeness (QED) is 0.111. The van der Waals surface area contributed by atoms with Crippen LogP contribution in [0.2, 0.25) is 0 Å². The van der Waals surface area contributed by atoms with E-state index >= 15 is 0 Å². The number of hydrogen-bond donors (Lipinski definition) is 2. The Morgan fingerprint density at radius 1 is 0.519 bits per heavy atom. The molecule has 7 rings (SSSR count). The summed E-state index contributed by atoms with van der Waals surface area (Å²) in [6.07, 6.45) is 6.23.